The third kappa shape index (κ3) is 5.81. The van der Waals surface area contributed by atoms with Gasteiger partial charge in [0.15, 0.2) is 6.61 Å². The number of anilines is 1. The highest BCUT2D eigenvalue weighted by atomic mass is 79.9. The first-order chi connectivity index (χ1) is 13.2. The van der Waals surface area contributed by atoms with Gasteiger partial charge in [0.05, 0.1) is 5.56 Å². The first-order valence-electron chi connectivity index (χ1n) is 7.56. The quantitative estimate of drug-likeness (QED) is 0.498. The van der Waals surface area contributed by atoms with Crippen LogP contribution in [0.4, 0.5) is 40.8 Å². The van der Waals surface area contributed by atoms with Gasteiger partial charge in [0.1, 0.15) is 5.75 Å². The van der Waals surface area contributed by atoms with Gasteiger partial charge in [-0.05, 0) is 42.5 Å². The predicted octanol–water partition coefficient (Wildman–Crippen LogP) is 6.30. The highest BCUT2D eigenvalue weighted by molar-refractivity contribution is 9.10. The topological polar surface area (TPSA) is 38.3 Å². The normalized spacial score (nSPS) is 12.6. The SMILES string of the molecule is O=C(Nc1ccc(OCC(F)(F)C(F)(F)F)c(C(F)(F)F)c1)c1ccc(Br)cc1. The lowest BCUT2D eigenvalue weighted by molar-refractivity contribution is -0.290. The van der Waals surface area contributed by atoms with Crippen LogP contribution < -0.4 is 10.1 Å². The molecule has 3 nitrogen and oxygen atoms in total. The molecule has 0 unspecified atom stereocenters. The number of carbonyl (C=O) groups excluding carboxylic acids is 1. The van der Waals surface area contributed by atoms with E-state index in [1.54, 1.807) is 0 Å². The number of nitrogens with one attached hydrogen (secondary N) is 1. The van der Waals surface area contributed by atoms with Gasteiger partial charge < -0.3 is 10.1 Å². The molecule has 0 aliphatic carbocycles. The van der Waals surface area contributed by atoms with Crippen molar-refractivity contribution in [2.75, 3.05) is 11.9 Å². The number of rotatable bonds is 5. The summed E-state index contributed by atoms with van der Waals surface area (Å²) < 4.78 is 107. The molecule has 0 fully saturated rings. The average Bonchev–Trinajstić information content (AvgIpc) is 2.59. The van der Waals surface area contributed by atoms with Crippen molar-refractivity contribution in [3.8, 4) is 5.75 Å². The van der Waals surface area contributed by atoms with E-state index in [0.717, 1.165) is 6.07 Å². The molecule has 0 saturated heterocycles. The molecule has 1 N–H and O–H groups in total. The number of amides is 1. The molecule has 0 atom stereocenters. The Hall–Kier alpha value is -2.37. The molecule has 2 aromatic rings. The molecule has 2 aromatic carbocycles. The van der Waals surface area contributed by atoms with Crippen molar-refractivity contribution in [3.05, 3.63) is 58.1 Å². The summed E-state index contributed by atoms with van der Waals surface area (Å²) >= 11 is 3.15. The Bertz CT molecular complexity index is 878. The second kappa shape index (κ2) is 8.17. The van der Waals surface area contributed by atoms with Crippen LogP contribution in [-0.4, -0.2) is 24.6 Å². The number of alkyl halides is 8. The van der Waals surface area contributed by atoms with Gasteiger partial charge in [-0.3, -0.25) is 4.79 Å². The lowest BCUT2D eigenvalue weighted by atomic mass is 10.1. The standard InChI is InChI=1S/C17H10BrF8NO2/c18-10-3-1-9(2-4-10)14(28)27-11-5-6-13(12(7-11)16(21,22)23)29-8-15(19,20)17(24,25)26/h1-7H,8H2,(H,27,28). The van der Waals surface area contributed by atoms with E-state index in [1.807, 2.05) is 0 Å². The third-order valence-corrected chi connectivity index (χ3v) is 4.00. The summed E-state index contributed by atoms with van der Waals surface area (Å²) in [4.78, 5) is 12.1. The highest BCUT2D eigenvalue weighted by Crippen LogP contribution is 2.40. The monoisotopic (exact) mass is 491 g/mol. The van der Waals surface area contributed by atoms with Crippen LogP contribution in [0.15, 0.2) is 46.9 Å². The van der Waals surface area contributed by atoms with E-state index < -0.39 is 42.1 Å². The number of hydrogen-bond donors (Lipinski definition) is 1. The number of benzene rings is 2. The van der Waals surface area contributed by atoms with Crippen LogP contribution in [0.1, 0.15) is 15.9 Å². The minimum absolute atomic E-state index is 0.118. The molecule has 0 aliphatic rings. The third-order valence-electron chi connectivity index (χ3n) is 3.47. The van der Waals surface area contributed by atoms with E-state index in [-0.39, 0.29) is 11.3 Å². The summed E-state index contributed by atoms with van der Waals surface area (Å²) in [6, 6.07) is 7.63. The molecule has 1 amide bonds. The fourth-order valence-electron chi connectivity index (χ4n) is 2.01. The van der Waals surface area contributed by atoms with E-state index in [1.165, 1.54) is 24.3 Å². The van der Waals surface area contributed by atoms with Crippen LogP contribution >= 0.6 is 15.9 Å². The maximum Gasteiger partial charge on any atom is 0.456 e. The number of carbonyl (C=O) groups is 1. The lowest BCUT2D eigenvalue weighted by Crippen LogP contribution is -2.42. The summed E-state index contributed by atoms with van der Waals surface area (Å²) in [5.41, 5.74) is -1.86. The Labute approximate surface area is 166 Å². The van der Waals surface area contributed by atoms with E-state index in [9.17, 15) is 39.9 Å². The number of halogens is 9. The zero-order valence-corrected chi connectivity index (χ0v) is 15.6. The van der Waals surface area contributed by atoms with Crippen molar-refractivity contribution < 1.29 is 44.7 Å². The molecule has 0 aromatic heterocycles. The van der Waals surface area contributed by atoms with E-state index >= 15 is 0 Å². The van der Waals surface area contributed by atoms with Gasteiger partial charge in [0, 0.05) is 15.7 Å². The van der Waals surface area contributed by atoms with Gasteiger partial charge in [-0.2, -0.15) is 35.1 Å². The molecule has 12 heteroatoms. The lowest BCUT2D eigenvalue weighted by Gasteiger charge is -2.21. The van der Waals surface area contributed by atoms with Gasteiger partial charge in [-0.15, -0.1) is 0 Å². The zero-order chi connectivity index (χ0) is 22.0. The smallest absolute Gasteiger partial charge is 0.456 e. The zero-order valence-electron chi connectivity index (χ0n) is 14.0. The molecule has 29 heavy (non-hydrogen) atoms. The fourth-order valence-corrected chi connectivity index (χ4v) is 2.27. The molecular formula is C17H10BrF8NO2. The Balaban J connectivity index is 2.25. The molecule has 0 heterocycles. The van der Waals surface area contributed by atoms with Crippen LogP contribution in [0.2, 0.25) is 0 Å². The van der Waals surface area contributed by atoms with Crippen molar-refractivity contribution in [2.45, 2.75) is 18.3 Å². The van der Waals surface area contributed by atoms with Crippen LogP contribution in [-0.2, 0) is 6.18 Å². The average molecular weight is 492 g/mol. The summed E-state index contributed by atoms with van der Waals surface area (Å²) in [7, 11) is 0. The second-order valence-electron chi connectivity index (χ2n) is 5.66. The van der Waals surface area contributed by atoms with E-state index in [0.29, 0.717) is 16.6 Å². The molecule has 0 saturated carbocycles. The predicted molar refractivity (Wildman–Crippen MR) is 90.0 cm³/mol. The van der Waals surface area contributed by atoms with Gasteiger partial charge in [0.2, 0.25) is 0 Å². The Morgan fingerprint density at radius 1 is 0.931 bits per heavy atom. The first-order valence-corrected chi connectivity index (χ1v) is 8.35. The van der Waals surface area contributed by atoms with Crippen molar-refractivity contribution in [3.63, 3.8) is 0 Å². The summed E-state index contributed by atoms with van der Waals surface area (Å²) in [6.45, 7) is -2.33. The molecule has 0 radical (unpaired) electrons. The fraction of sp³-hybridized carbons (Fsp3) is 0.235. The van der Waals surface area contributed by atoms with E-state index in [4.69, 9.17) is 0 Å². The van der Waals surface area contributed by atoms with Crippen molar-refractivity contribution in [2.24, 2.45) is 0 Å². The maximum absolute atomic E-state index is 13.2. The van der Waals surface area contributed by atoms with Gasteiger partial charge in [0.25, 0.3) is 5.91 Å². The van der Waals surface area contributed by atoms with Crippen molar-refractivity contribution >= 4 is 27.5 Å². The van der Waals surface area contributed by atoms with Crippen LogP contribution in [0.3, 0.4) is 0 Å². The summed E-state index contributed by atoms with van der Waals surface area (Å²) in [5, 5.41) is 2.18. The van der Waals surface area contributed by atoms with Crippen LogP contribution in [0, 0.1) is 0 Å². The number of ether oxygens (including phenoxy) is 1. The molecule has 2 rings (SSSR count). The summed E-state index contributed by atoms with van der Waals surface area (Å²) in [5.74, 6) is -7.34. The number of hydrogen-bond acceptors (Lipinski definition) is 2. The van der Waals surface area contributed by atoms with Crippen LogP contribution in [0.25, 0.3) is 0 Å². The molecule has 0 spiro atoms. The Kier molecular flexibility index (Phi) is 6.45. The van der Waals surface area contributed by atoms with Gasteiger partial charge >= 0.3 is 18.3 Å². The van der Waals surface area contributed by atoms with E-state index in [2.05, 4.69) is 26.0 Å². The largest absolute Gasteiger partial charge is 0.486 e. The minimum atomic E-state index is -5.98. The van der Waals surface area contributed by atoms with Gasteiger partial charge in [-0.1, -0.05) is 15.9 Å². The maximum atomic E-state index is 13.2. The molecular weight excluding hydrogens is 482 g/mol. The van der Waals surface area contributed by atoms with Crippen molar-refractivity contribution in [1.29, 1.82) is 0 Å². The minimum Gasteiger partial charge on any atom is -0.486 e. The van der Waals surface area contributed by atoms with Crippen LogP contribution in [0.5, 0.6) is 5.75 Å². The first kappa shape index (κ1) is 22.9. The van der Waals surface area contributed by atoms with Crippen molar-refractivity contribution in [1.82, 2.24) is 0 Å². The molecule has 0 aliphatic heterocycles. The Morgan fingerprint density at radius 3 is 2.03 bits per heavy atom. The molecule has 0 bridgehead atoms. The van der Waals surface area contributed by atoms with Gasteiger partial charge in [-0.25, -0.2) is 0 Å². The summed E-state index contributed by atoms with van der Waals surface area (Å²) in [6.07, 6.45) is -11.1. The highest BCUT2D eigenvalue weighted by Gasteiger charge is 2.58. The molecule has 158 valence electrons. The Morgan fingerprint density at radius 2 is 1.52 bits per heavy atom. The second-order valence-corrected chi connectivity index (χ2v) is 6.58.